The maximum atomic E-state index is 15.1. The maximum Gasteiger partial charge on any atom is 0.261 e. The van der Waals surface area contributed by atoms with Gasteiger partial charge in [-0.25, -0.2) is 4.39 Å². The molecule has 0 atom stereocenters. The third-order valence-electron chi connectivity index (χ3n) is 7.93. The van der Waals surface area contributed by atoms with Gasteiger partial charge in [0.15, 0.2) is 0 Å². The highest BCUT2D eigenvalue weighted by Crippen LogP contribution is 2.62. The van der Waals surface area contributed by atoms with Crippen molar-refractivity contribution in [3.8, 4) is 11.5 Å². The number of pyridine rings is 1. The minimum atomic E-state index is -0.679. The molecule has 7 rings (SSSR count). The molecule has 0 aliphatic heterocycles. The van der Waals surface area contributed by atoms with Crippen molar-refractivity contribution in [2.24, 2.45) is 17.8 Å². The van der Waals surface area contributed by atoms with Crippen LogP contribution in [0.5, 0.6) is 11.5 Å². The Morgan fingerprint density at radius 2 is 1.69 bits per heavy atom. The number of rotatable bonds is 3. The van der Waals surface area contributed by atoms with Gasteiger partial charge < -0.3 is 15.5 Å². The smallest absolute Gasteiger partial charge is 0.261 e. The molecule has 4 bridgehead atoms. The van der Waals surface area contributed by atoms with Gasteiger partial charge in [-0.2, -0.15) is 0 Å². The Morgan fingerprint density at radius 1 is 1.03 bits per heavy atom. The zero-order chi connectivity index (χ0) is 22.0. The Kier molecular flexibility index (Phi) is 4.23. The molecule has 1 amide bonds. The molecule has 4 saturated carbocycles. The Bertz CT molecular complexity index is 1220. The van der Waals surface area contributed by atoms with E-state index in [4.69, 9.17) is 0 Å². The first kappa shape index (κ1) is 19.5. The summed E-state index contributed by atoms with van der Waals surface area (Å²) >= 11 is 0. The number of phenolic OH excluding ortho intramolecular Hbond substituents is 1. The molecule has 2 aromatic carbocycles. The van der Waals surface area contributed by atoms with Crippen LogP contribution in [0.15, 0.2) is 42.6 Å². The second-order valence-electron chi connectivity index (χ2n) is 10.0. The van der Waals surface area contributed by atoms with E-state index in [1.165, 1.54) is 37.6 Å². The maximum absolute atomic E-state index is 15.1. The van der Waals surface area contributed by atoms with E-state index >= 15 is 4.39 Å². The molecule has 32 heavy (non-hydrogen) atoms. The number of phenols is 1. The van der Waals surface area contributed by atoms with Crippen LogP contribution in [-0.2, 0) is 5.41 Å². The predicted molar refractivity (Wildman–Crippen MR) is 119 cm³/mol. The summed E-state index contributed by atoms with van der Waals surface area (Å²) in [6.45, 7) is 0. The van der Waals surface area contributed by atoms with Crippen LogP contribution in [0, 0.1) is 23.6 Å². The summed E-state index contributed by atoms with van der Waals surface area (Å²) in [4.78, 5) is 17.0. The van der Waals surface area contributed by atoms with E-state index < -0.39 is 11.7 Å². The topological polar surface area (TPSA) is 82.5 Å². The second kappa shape index (κ2) is 6.92. The molecule has 3 aromatic rings. The summed E-state index contributed by atoms with van der Waals surface area (Å²) in [6, 6.07) is 9.66. The average molecular weight is 432 g/mol. The number of anilines is 1. The molecule has 4 fully saturated rings. The molecular formula is C26H25FN2O3. The van der Waals surface area contributed by atoms with Crippen molar-refractivity contribution < 1.29 is 19.4 Å². The first-order chi connectivity index (χ1) is 15.4. The van der Waals surface area contributed by atoms with E-state index in [2.05, 4.69) is 10.3 Å². The lowest BCUT2D eigenvalue weighted by atomic mass is 9.48. The number of fused-ring (bicyclic) bond motifs is 1. The van der Waals surface area contributed by atoms with Gasteiger partial charge in [-0.15, -0.1) is 0 Å². The van der Waals surface area contributed by atoms with Crippen LogP contribution >= 0.6 is 0 Å². The number of hydrogen-bond acceptors (Lipinski definition) is 4. The molecule has 0 unspecified atom stereocenters. The Balaban J connectivity index is 1.31. The zero-order valence-corrected chi connectivity index (χ0v) is 17.6. The van der Waals surface area contributed by atoms with Crippen LogP contribution in [0.25, 0.3) is 10.9 Å². The van der Waals surface area contributed by atoms with Crippen molar-refractivity contribution in [1.82, 2.24) is 4.98 Å². The third-order valence-corrected chi connectivity index (χ3v) is 7.93. The van der Waals surface area contributed by atoms with Crippen molar-refractivity contribution >= 4 is 22.5 Å². The molecule has 0 radical (unpaired) electrons. The summed E-state index contributed by atoms with van der Waals surface area (Å²) in [7, 11) is 0. The molecule has 6 heteroatoms. The Hall–Kier alpha value is -3.15. The molecule has 0 saturated heterocycles. The van der Waals surface area contributed by atoms with Crippen molar-refractivity contribution in [1.29, 1.82) is 0 Å². The molecule has 5 nitrogen and oxygen atoms in total. The lowest BCUT2D eigenvalue weighted by Gasteiger charge is -2.57. The fourth-order valence-corrected chi connectivity index (χ4v) is 7.01. The van der Waals surface area contributed by atoms with Crippen molar-refractivity contribution in [2.45, 2.75) is 43.9 Å². The SMILES string of the molecule is O=C(Nc1cc(O)c(C23CC4CC(CC(C4)C2)C3)cc1F)c1cnc2ccccc2c1O. The second-order valence-corrected chi connectivity index (χ2v) is 10.0. The van der Waals surface area contributed by atoms with Gasteiger partial charge in [0.2, 0.25) is 0 Å². The van der Waals surface area contributed by atoms with Gasteiger partial charge in [0.25, 0.3) is 5.91 Å². The van der Waals surface area contributed by atoms with Gasteiger partial charge in [-0.1, -0.05) is 12.1 Å². The largest absolute Gasteiger partial charge is 0.508 e. The van der Waals surface area contributed by atoms with E-state index in [1.54, 1.807) is 24.3 Å². The van der Waals surface area contributed by atoms with Crippen LogP contribution in [-0.4, -0.2) is 21.1 Å². The number of carbonyl (C=O) groups is 1. The first-order valence-electron chi connectivity index (χ1n) is 11.3. The summed E-state index contributed by atoms with van der Waals surface area (Å²) in [5.41, 5.74) is 0.942. The van der Waals surface area contributed by atoms with Crippen LogP contribution in [0.1, 0.15) is 54.4 Å². The Morgan fingerprint density at radius 3 is 2.38 bits per heavy atom. The lowest BCUT2D eigenvalue weighted by Crippen LogP contribution is -2.48. The Labute approximate surface area is 185 Å². The van der Waals surface area contributed by atoms with Crippen LogP contribution in [0.4, 0.5) is 10.1 Å². The minimum Gasteiger partial charge on any atom is -0.508 e. The molecular weight excluding hydrogens is 407 g/mol. The van der Waals surface area contributed by atoms with E-state index in [9.17, 15) is 15.0 Å². The van der Waals surface area contributed by atoms with Crippen LogP contribution < -0.4 is 5.32 Å². The summed E-state index contributed by atoms with van der Waals surface area (Å²) < 4.78 is 15.1. The fraction of sp³-hybridized carbons (Fsp3) is 0.385. The van der Waals surface area contributed by atoms with Crippen molar-refractivity contribution in [2.75, 3.05) is 5.32 Å². The number of carbonyl (C=O) groups excluding carboxylic acids is 1. The van der Waals surface area contributed by atoms with Crippen molar-refractivity contribution in [3.63, 3.8) is 0 Å². The van der Waals surface area contributed by atoms with E-state index in [0.717, 1.165) is 19.3 Å². The minimum absolute atomic E-state index is 0.0320. The molecule has 0 spiro atoms. The number of hydrogen-bond donors (Lipinski definition) is 3. The monoisotopic (exact) mass is 432 g/mol. The average Bonchev–Trinajstić information content (AvgIpc) is 2.75. The van der Waals surface area contributed by atoms with E-state index in [0.29, 0.717) is 34.2 Å². The molecule has 4 aliphatic rings. The number of halogens is 1. The summed E-state index contributed by atoms with van der Waals surface area (Å²) in [6.07, 6.45) is 8.09. The molecule has 1 heterocycles. The number of aromatic nitrogens is 1. The number of benzene rings is 2. The highest BCUT2D eigenvalue weighted by atomic mass is 19.1. The fourth-order valence-electron chi connectivity index (χ4n) is 7.01. The zero-order valence-electron chi connectivity index (χ0n) is 17.6. The van der Waals surface area contributed by atoms with Gasteiger partial charge in [0.1, 0.15) is 22.9 Å². The van der Waals surface area contributed by atoms with Gasteiger partial charge in [-0.05, 0) is 79.9 Å². The standard InChI is InChI=1S/C26H25FN2O3/c27-20-8-19(26-10-14-5-15(11-26)7-16(6-14)12-26)23(30)9-22(20)29-25(32)18-13-28-21-4-2-1-3-17(21)24(18)31/h1-4,8-9,13-16,30H,5-7,10-12H2,(H,28,31)(H,29,32). The van der Waals surface area contributed by atoms with Gasteiger partial charge in [-0.3, -0.25) is 9.78 Å². The lowest BCUT2D eigenvalue weighted by molar-refractivity contribution is -0.00625. The molecule has 3 N–H and O–H groups in total. The number of nitrogens with one attached hydrogen (secondary N) is 1. The quantitative estimate of drug-likeness (QED) is 0.510. The number of amides is 1. The van der Waals surface area contributed by atoms with Gasteiger partial charge in [0.05, 0.1) is 11.2 Å². The highest BCUT2D eigenvalue weighted by Gasteiger charge is 2.52. The van der Waals surface area contributed by atoms with E-state index in [1.807, 2.05) is 0 Å². The summed E-state index contributed by atoms with van der Waals surface area (Å²) in [5.74, 6) is 0.591. The number of aromatic hydroxyl groups is 2. The van der Waals surface area contributed by atoms with Gasteiger partial charge >= 0.3 is 0 Å². The van der Waals surface area contributed by atoms with E-state index in [-0.39, 0.29) is 28.2 Å². The molecule has 4 aliphatic carbocycles. The van der Waals surface area contributed by atoms with Crippen LogP contribution in [0.3, 0.4) is 0 Å². The normalized spacial score (nSPS) is 28.2. The first-order valence-corrected chi connectivity index (χ1v) is 11.3. The number of para-hydroxylation sites is 1. The highest BCUT2D eigenvalue weighted by molar-refractivity contribution is 6.09. The van der Waals surface area contributed by atoms with Crippen LogP contribution in [0.2, 0.25) is 0 Å². The summed E-state index contributed by atoms with van der Waals surface area (Å²) in [5, 5.41) is 24.3. The number of nitrogens with zero attached hydrogens (tertiary/aromatic N) is 1. The molecule has 1 aromatic heterocycles. The van der Waals surface area contributed by atoms with Gasteiger partial charge in [0, 0.05) is 23.2 Å². The third kappa shape index (κ3) is 2.96. The van der Waals surface area contributed by atoms with Crippen molar-refractivity contribution in [3.05, 3.63) is 59.5 Å². The molecule has 164 valence electrons. The predicted octanol–water partition coefficient (Wildman–Crippen LogP) is 5.51.